The van der Waals surface area contributed by atoms with Gasteiger partial charge in [-0.3, -0.25) is 34.3 Å². The van der Waals surface area contributed by atoms with Crippen molar-refractivity contribution >= 4 is 29.3 Å². The predicted molar refractivity (Wildman–Crippen MR) is 157 cm³/mol. The molecule has 3 aliphatic heterocycles. The van der Waals surface area contributed by atoms with Crippen molar-refractivity contribution in [1.82, 2.24) is 15.1 Å². The minimum absolute atomic E-state index is 0.116. The van der Waals surface area contributed by atoms with E-state index in [-0.39, 0.29) is 24.2 Å². The summed E-state index contributed by atoms with van der Waals surface area (Å²) >= 11 is 0. The Morgan fingerprint density at radius 3 is 2.15 bits per heavy atom. The Labute approximate surface area is 239 Å². The molecule has 8 heteroatoms. The van der Waals surface area contributed by atoms with Crippen molar-refractivity contribution < 1.29 is 19.2 Å². The summed E-state index contributed by atoms with van der Waals surface area (Å²) < 4.78 is 0. The minimum atomic E-state index is -0.942. The second-order valence-electron chi connectivity index (χ2n) is 13.8. The van der Waals surface area contributed by atoms with Gasteiger partial charge in [-0.2, -0.15) is 0 Å². The molecule has 220 valence electrons. The topological polar surface area (TPSA) is 90.0 Å². The average Bonchev–Trinajstić information content (AvgIpc) is 3.11. The maximum atomic E-state index is 13.3. The minimum Gasteiger partial charge on any atom is -0.369 e. The molecule has 0 aromatic heterocycles. The number of hydrogen-bond acceptors (Lipinski definition) is 6. The fourth-order valence-electron chi connectivity index (χ4n) is 7.43. The number of carbonyl (C=O) groups is 4. The Bertz CT molecular complexity index is 1140. The van der Waals surface area contributed by atoms with Crippen LogP contribution in [0.25, 0.3) is 0 Å². The molecular formula is C32H48N4O4. The number of carbonyl (C=O) groups excluding carboxylic acids is 4. The van der Waals surface area contributed by atoms with Gasteiger partial charge in [-0.05, 0) is 66.5 Å². The molecule has 0 radical (unpaired) electrons. The number of piperazine rings is 1. The highest BCUT2D eigenvalue weighted by atomic mass is 16.2. The molecule has 0 bridgehead atoms. The monoisotopic (exact) mass is 552 g/mol. The van der Waals surface area contributed by atoms with Crippen LogP contribution in [0.4, 0.5) is 5.69 Å². The van der Waals surface area contributed by atoms with Gasteiger partial charge in [0.25, 0.3) is 11.8 Å². The van der Waals surface area contributed by atoms with E-state index in [0.29, 0.717) is 34.8 Å². The van der Waals surface area contributed by atoms with E-state index in [1.807, 2.05) is 6.07 Å². The van der Waals surface area contributed by atoms with Gasteiger partial charge in [-0.25, -0.2) is 0 Å². The third-order valence-corrected chi connectivity index (χ3v) is 9.08. The first-order valence-corrected chi connectivity index (χ1v) is 15.1. The lowest BCUT2D eigenvalue weighted by atomic mass is 9.66. The normalized spacial score (nSPS) is 22.3. The Kier molecular flexibility index (Phi) is 9.08. The lowest BCUT2D eigenvalue weighted by Crippen LogP contribution is -2.54. The first-order chi connectivity index (χ1) is 18.8. The van der Waals surface area contributed by atoms with Crippen LogP contribution in [0.2, 0.25) is 0 Å². The number of nitrogens with one attached hydrogen (secondary N) is 1. The summed E-state index contributed by atoms with van der Waals surface area (Å²) in [5.41, 5.74) is 1.86. The largest absolute Gasteiger partial charge is 0.369 e. The van der Waals surface area contributed by atoms with Crippen LogP contribution in [-0.2, 0) is 9.59 Å². The van der Waals surface area contributed by atoms with Crippen molar-refractivity contribution in [3.05, 3.63) is 29.3 Å². The molecule has 3 aliphatic rings. The lowest BCUT2D eigenvalue weighted by molar-refractivity contribution is -0.136. The van der Waals surface area contributed by atoms with Crippen LogP contribution in [0.1, 0.15) is 94.9 Å². The zero-order chi connectivity index (χ0) is 29.4. The van der Waals surface area contributed by atoms with Crippen molar-refractivity contribution in [3.8, 4) is 0 Å². The number of piperidine rings is 1. The Morgan fingerprint density at radius 2 is 1.55 bits per heavy atom. The smallest absolute Gasteiger partial charge is 0.262 e. The van der Waals surface area contributed by atoms with E-state index >= 15 is 0 Å². The number of imide groups is 2. The number of benzene rings is 1. The van der Waals surface area contributed by atoms with Crippen LogP contribution < -0.4 is 10.2 Å². The first-order valence-electron chi connectivity index (χ1n) is 15.1. The number of nitrogens with zero attached hydrogens (tertiary/aromatic N) is 3. The van der Waals surface area contributed by atoms with Gasteiger partial charge in [0.1, 0.15) is 6.04 Å². The van der Waals surface area contributed by atoms with Gasteiger partial charge in [0.2, 0.25) is 11.8 Å². The third kappa shape index (κ3) is 6.42. The summed E-state index contributed by atoms with van der Waals surface area (Å²) in [6, 6.07) is 4.48. The van der Waals surface area contributed by atoms with E-state index < -0.39 is 23.8 Å². The van der Waals surface area contributed by atoms with Crippen molar-refractivity contribution in [3.63, 3.8) is 0 Å². The molecule has 40 heavy (non-hydrogen) atoms. The number of amides is 4. The second kappa shape index (κ2) is 12.0. The fourth-order valence-corrected chi connectivity index (χ4v) is 7.43. The summed E-state index contributed by atoms with van der Waals surface area (Å²) in [5.74, 6) is 0.750. The maximum Gasteiger partial charge on any atom is 0.262 e. The highest BCUT2D eigenvalue weighted by molar-refractivity contribution is 6.23. The van der Waals surface area contributed by atoms with Crippen LogP contribution in [0.5, 0.6) is 0 Å². The molecule has 3 unspecified atom stereocenters. The van der Waals surface area contributed by atoms with Crippen LogP contribution in [0.3, 0.4) is 0 Å². The molecule has 1 N–H and O–H groups in total. The fraction of sp³-hybridized carbons (Fsp3) is 0.688. The zero-order valence-electron chi connectivity index (χ0n) is 25.5. The van der Waals surface area contributed by atoms with E-state index in [4.69, 9.17) is 0 Å². The average molecular weight is 553 g/mol. The zero-order valence-corrected chi connectivity index (χ0v) is 25.5. The lowest BCUT2D eigenvalue weighted by Gasteiger charge is -2.45. The van der Waals surface area contributed by atoms with Gasteiger partial charge >= 0.3 is 0 Å². The Morgan fingerprint density at radius 1 is 0.900 bits per heavy atom. The second-order valence-corrected chi connectivity index (χ2v) is 13.8. The quantitative estimate of drug-likeness (QED) is 0.428. The summed E-state index contributed by atoms with van der Waals surface area (Å²) in [6.45, 7) is 21.3. The molecule has 4 amide bonds. The summed E-state index contributed by atoms with van der Waals surface area (Å²) in [7, 11) is 0. The molecule has 4 rings (SSSR count). The molecule has 3 atom stereocenters. The van der Waals surface area contributed by atoms with Gasteiger partial charge in [-0.1, -0.05) is 48.5 Å². The van der Waals surface area contributed by atoms with E-state index in [1.165, 1.54) is 12.8 Å². The van der Waals surface area contributed by atoms with E-state index in [1.54, 1.807) is 12.1 Å². The molecule has 0 saturated carbocycles. The van der Waals surface area contributed by atoms with Gasteiger partial charge in [0.15, 0.2) is 0 Å². The van der Waals surface area contributed by atoms with Crippen LogP contribution in [0, 0.1) is 29.1 Å². The molecule has 3 heterocycles. The summed E-state index contributed by atoms with van der Waals surface area (Å²) in [5, 5.41) is 2.25. The Balaban J connectivity index is 1.42. The van der Waals surface area contributed by atoms with Crippen molar-refractivity contribution in [2.24, 2.45) is 29.1 Å². The summed E-state index contributed by atoms with van der Waals surface area (Å²) in [4.78, 5) is 56.2. The van der Waals surface area contributed by atoms with Crippen LogP contribution >= 0.6 is 0 Å². The molecule has 8 nitrogen and oxygen atoms in total. The van der Waals surface area contributed by atoms with Crippen molar-refractivity contribution in [2.45, 2.75) is 80.2 Å². The number of hydrogen-bond donors (Lipinski definition) is 1. The maximum absolute atomic E-state index is 13.3. The Hall–Kier alpha value is -2.74. The summed E-state index contributed by atoms with van der Waals surface area (Å²) in [6.07, 6.45) is 2.74. The van der Waals surface area contributed by atoms with Gasteiger partial charge < -0.3 is 4.90 Å². The van der Waals surface area contributed by atoms with E-state index in [0.717, 1.165) is 43.3 Å². The van der Waals surface area contributed by atoms with Gasteiger partial charge in [-0.15, -0.1) is 0 Å². The first kappa shape index (κ1) is 30.2. The number of anilines is 1. The molecule has 0 spiro atoms. The van der Waals surface area contributed by atoms with Crippen LogP contribution in [0.15, 0.2) is 18.2 Å². The standard InChI is InChI=1S/C32H48N4O4/c1-20(2)16-22(5)26(32(6,7)18-21(3)4)19-34-12-14-35(15-13-34)23-8-9-24-25(17-23)31(40)36(30(24)39)27-10-11-28(37)33-29(27)38/h8-9,17,20-22,26-27H,10-16,18-19H2,1-7H3,(H,33,37,38). The molecule has 1 aromatic carbocycles. The van der Waals surface area contributed by atoms with E-state index in [2.05, 4.69) is 63.6 Å². The van der Waals surface area contributed by atoms with Crippen LogP contribution in [-0.4, -0.2) is 72.2 Å². The van der Waals surface area contributed by atoms with Gasteiger partial charge in [0, 0.05) is 44.8 Å². The SMILES string of the molecule is CC(C)CC(C)C(CN1CCN(c2ccc3c(c2)C(=O)N(C2CCC(=O)NC2=O)C3=O)CC1)C(C)(C)CC(C)C. The molecule has 2 saturated heterocycles. The van der Waals surface area contributed by atoms with E-state index in [9.17, 15) is 19.2 Å². The highest BCUT2D eigenvalue weighted by Gasteiger charge is 2.45. The molecule has 1 aromatic rings. The predicted octanol–water partition coefficient (Wildman–Crippen LogP) is 4.58. The molecule has 2 fully saturated rings. The number of rotatable bonds is 10. The number of fused-ring (bicyclic) bond motifs is 1. The molecular weight excluding hydrogens is 504 g/mol. The van der Waals surface area contributed by atoms with Crippen molar-refractivity contribution in [1.29, 1.82) is 0 Å². The molecule has 0 aliphatic carbocycles. The third-order valence-electron chi connectivity index (χ3n) is 9.08. The highest BCUT2D eigenvalue weighted by Crippen LogP contribution is 2.41. The van der Waals surface area contributed by atoms with Gasteiger partial charge in [0.05, 0.1) is 11.1 Å². The van der Waals surface area contributed by atoms with Crippen molar-refractivity contribution in [2.75, 3.05) is 37.6 Å².